The van der Waals surface area contributed by atoms with Crippen molar-refractivity contribution in [1.29, 1.82) is 0 Å². The summed E-state index contributed by atoms with van der Waals surface area (Å²) in [6.07, 6.45) is 6.73. The van der Waals surface area contributed by atoms with Crippen LogP contribution in [0.5, 0.6) is 0 Å². The molecule has 3 aromatic heterocycles. The second-order valence-corrected chi connectivity index (χ2v) is 6.52. The quantitative estimate of drug-likeness (QED) is 0.733. The molecule has 23 heavy (non-hydrogen) atoms. The molecule has 0 bridgehead atoms. The minimum atomic E-state index is -0.0738. The third-order valence-electron chi connectivity index (χ3n) is 4.13. The normalized spacial score (nSPS) is 18.1. The molecule has 1 amide bonds. The number of likely N-dealkylation sites (tertiary alicyclic amines) is 1. The predicted octanol–water partition coefficient (Wildman–Crippen LogP) is 2.25. The van der Waals surface area contributed by atoms with Crippen LogP contribution >= 0.6 is 11.3 Å². The van der Waals surface area contributed by atoms with Crippen LogP contribution in [-0.4, -0.2) is 36.9 Å². The zero-order valence-corrected chi connectivity index (χ0v) is 13.6. The van der Waals surface area contributed by atoms with Crippen molar-refractivity contribution in [3.63, 3.8) is 0 Å². The van der Waals surface area contributed by atoms with E-state index in [0.29, 0.717) is 24.6 Å². The van der Waals surface area contributed by atoms with Crippen LogP contribution in [0.2, 0.25) is 0 Å². The summed E-state index contributed by atoms with van der Waals surface area (Å²) in [6.45, 7) is 2.71. The maximum Gasteiger partial charge on any atom is 0.229 e. The number of nitrogens with zero attached hydrogens (tertiary/aromatic N) is 5. The first-order chi connectivity index (χ1) is 11.2. The van der Waals surface area contributed by atoms with Crippen molar-refractivity contribution >= 4 is 22.2 Å². The number of fused-ring (bicyclic) bond motifs is 1. The van der Waals surface area contributed by atoms with Crippen molar-refractivity contribution in [2.24, 2.45) is 0 Å². The second kappa shape index (κ2) is 5.77. The molecular formula is C15H17N5O2S. The molecule has 0 aliphatic carbocycles. The first kappa shape index (κ1) is 14.4. The molecular weight excluding hydrogens is 314 g/mol. The largest absolute Gasteiger partial charge is 0.339 e. The van der Waals surface area contributed by atoms with Gasteiger partial charge in [-0.15, -0.1) is 11.3 Å². The van der Waals surface area contributed by atoms with Crippen molar-refractivity contribution < 1.29 is 9.32 Å². The van der Waals surface area contributed by atoms with Gasteiger partial charge < -0.3 is 9.42 Å². The molecule has 1 aliphatic heterocycles. The third-order valence-corrected chi connectivity index (χ3v) is 4.90. The Morgan fingerprint density at radius 1 is 1.48 bits per heavy atom. The van der Waals surface area contributed by atoms with Crippen molar-refractivity contribution in [3.8, 4) is 0 Å². The Labute approximate surface area is 136 Å². The highest BCUT2D eigenvalue weighted by Crippen LogP contribution is 2.30. The molecule has 4 rings (SSSR count). The minimum Gasteiger partial charge on any atom is -0.339 e. The summed E-state index contributed by atoms with van der Waals surface area (Å²) in [5.74, 6) is 1.31. The highest BCUT2D eigenvalue weighted by atomic mass is 32.1. The molecule has 4 heterocycles. The maximum absolute atomic E-state index is 12.7. The van der Waals surface area contributed by atoms with Crippen LogP contribution in [0.15, 0.2) is 22.3 Å². The topological polar surface area (TPSA) is 76.5 Å². The number of carbonyl (C=O) groups excluding carboxylic acids is 1. The predicted molar refractivity (Wildman–Crippen MR) is 84.1 cm³/mol. The van der Waals surface area contributed by atoms with Crippen molar-refractivity contribution in [2.45, 2.75) is 38.6 Å². The van der Waals surface area contributed by atoms with E-state index in [2.05, 4.69) is 15.1 Å². The van der Waals surface area contributed by atoms with E-state index in [-0.39, 0.29) is 11.9 Å². The summed E-state index contributed by atoms with van der Waals surface area (Å²) in [5, 5.41) is 6.02. The third kappa shape index (κ3) is 2.63. The fourth-order valence-corrected chi connectivity index (χ4v) is 3.72. The van der Waals surface area contributed by atoms with Crippen LogP contribution in [-0.2, 0) is 17.6 Å². The molecule has 0 N–H and O–H groups in total. The Kier molecular flexibility index (Phi) is 3.60. The van der Waals surface area contributed by atoms with E-state index in [4.69, 9.17) is 4.52 Å². The molecule has 0 spiro atoms. The summed E-state index contributed by atoms with van der Waals surface area (Å²) in [5.41, 5.74) is 0.801. The molecule has 8 heteroatoms. The van der Waals surface area contributed by atoms with Gasteiger partial charge in [0, 0.05) is 30.7 Å². The lowest BCUT2D eigenvalue weighted by Crippen LogP contribution is -2.32. The van der Waals surface area contributed by atoms with Gasteiger partial charge in [0.05, 0.1) is 18.2 Å². The second-order valence-electron chi connectivity index (χ2n) is 5.65. The van der Waals surface area contributed by atoms with Gasteiger partial charge in [-0.1, -0.05) is 12.1 Å². The van der Waals surface area contributed by atoms with Crippen LogP contribution in [0, 0.1) is 0 Å². The molecule has 0 saturated carbocycles. The first-order valence-electron chi connectivity index (χ1n) is 7.77. The van der Waals surface area contributed by atoms with E-state index in [1.807, 2.05) is 34.0 Å². The number of hydrogen-bond donors (Lipinski definition) is 0. The van der Waals surface area contributed by atoms with E-state index < -0.39 is 0 Å². The fraction of sp³-hybridized carbons (Fsp3) is 0.467. The summed E-state index contributed by atoms with van der Waals surface area (Å²) in [6, 6.07) is -0.0738. The van der Waals surface area contributed by atoms with Crippen molar-refractivity contribution in [3.05, 3.63) is 35.2 Å². The molecule has 1 aliphatic rings. The summed E-state index contributed by atoms with van der Waals surface area (Å²) in [4.78, 5) is 24.3. The Morgan fingerprint density at radius 3 is 3.17 bits per heavy atom. The Morgan fingerprint density at radius 2 is 2.39 bits per heavy atom. The zero-order chi connectivity index (χ0) is 15.8. The number of aromatic nitrogens is 4. The summed E-state index contributed by atoms with van der Waals surface area (Å²) >= 11 is 1.56. The van der Waals surface area contributed by atoms with Gasteiger partial charge in [-0.2, -0.15) is 4.98 Å². The van der Waals surface area contributed by atoms with E-state index >= 15 is 0 Å². The maximum atomic E-state index is 12.7. The average Bonchev–Trinajstić information content (AvgIpc) is 3.29. The smallest absolute Gasteiger partial charge is 0.229 e. The number of aryl methyl sites for hydroxylation is 1. The number of hydrogen-bond acceptors (Lipinski definition) is 6. The Hall–Kier alpha value is -2.22. The number of thiazole rings is 1. The number of amides is 1. The molecule has 0 unspecified atom stereocenters. The molecule has 0 radical (unpaired) electrons. The monoisotopic (exact) mass is 331 g/mol. The van der Waals surface area contributed by atoms with Gasteiger partial charge in [-0.05, 0) is 12.8 Å². The summed E-state index contributed by atoms with van der Waals surface area (Å²) < 4.78 is 7.13. The zero-order valence-electron chi connectivity index (χ0n) is 12.8. The number of rotatable bonds is 4. The van der Waals surface area contributed by atoms with Crippen LogP contribution in [0.4, 0.5) is 0 Å². The average molecular weight is 331 g/mol. The van der Waals surface area contributed by atoms with Gasteiger partial charge in [0.1, 0.15) is 0 Å². The van der Waals surface area contributed by atoms with E-state index in [1.165, 1.54) is 0 Å². The highest BCUT2D eigenvalue weighted by Gasteiger charge is 2.33. The molecule has 120 valence electrons. The van der Waals surface area contributed by atoms with Gasteiger partial charge in [0.25, 0.3) is 0 Å². The van der Waals surface area contributed by atoms with Crippen LogP contribution < -0.4 is 0 Å². The Balaban J connectivity index is 1.51. The molecule has 1 fully saturated rings. The molecule has 3 aromatic rings. The SMILES string of the molecule is CCc1nc([C@H]2CCCN2C(=O)Cc2cn3ccsc3n2)no1. The first-order valence-corrected chi connectivity index (χ1v) is 8.65. The molecule has 7 nitrogen and oxygen atoms in total. The van der Waals surface area contributed by atoms with Gasteiger partial charge in [0.15, 0.2) is 10.8 Å². The number of imidazole rings is 1. The van der Waals surface area contributed by atoms with Crippen LogP contribution in [0.25, 0.3) is 4.96 Å². The lowest BCUT2D eigenvalue weighted by molar-refractivity contribution is -0.131. The van der Waals surface area contributed by atoms with Gasteiger partial charge in [-0.25, -0.2) is 4.98 Å². The van der Waals surface area contributed by atoms with Crippen LogP contribution in [0.3, 0.4) is 0 Å². The highest BCUT2D eigenvalue weighted by molar-refractivity contribution is 7.15. The lowest BCUT2D eigenvalue weighted by Gasteiger charge is -2.21. The molecule has 0 aromatic carbocycles. The van der Waals surface area contributed by atoms with E-state index in [0.717, 1.165) is 30.0 Å². The van der Waals surface area contributed by atoms with Crippen molar-refractivity contribution in [1.82, 2.24) is 24.4 Å². The lowest BCUT2D eigenvalue weighted by atomic mass is 10.2. The molecule has 1 atom stereocenters. The van der Waals surface area contributed by atoms with Crippen LogP contribution in [0.1, 0.15) is 43.2 Å². The Bertz CT molecular complexity index is 807. The van der Waals surface area contributed by atoms with Gasteiger partial charge in [-0.3, -0.25) is 9.20 Å². The van der Waals surface area contributed by atoms with E-state index in [9.17, 15) is 4.79 Å². The van der Waals surface area contributed by atoms with Gasteiger partial charge >= 0.3 is 0 Å². The fourth-order valence-electron chi connectivity index (χ4n) is 3.00. The standard InChI is InChI=1S/C15H17N5O2S/c1-2-12-17-14(18-22-12)11-4-3-5-20(11)13(21)8-10-9-19-6-7-23-15(19)16-10/h6-7,9,11H,2-5,8H2,1H3/t11-/m1/s1. The number of carbonyl (C=O) groups is 1. The van der Waals surface area contributed by atoms with Gasteiger partial charge in [0.2, 0.25) is 11.8 Å². The molecule has 1 saturated heterocycles. The minimum absolute atomic E-state index is 0.0705. The van der Waals surface area contributed by atoms with Crippen molar-refractivity contribution in [2.75, 3.05) is 6.54 Å². The summed E-state index contributed by atoms with van der Waals surface area (Å²) in [7, 11) is 0. The van der Waals surface area contributed by atoms with E-state index in [1.54, 1.807) is 11.3 Å².